The van der Waals surface area contributed by atoms with E-state index in [1.54, 1.807) is 19.1 Å². The maximum Gasteiger partial charge on any atom is 0.326 e. The second-order valence-corrected chi connectivity index (χ2v) is 8.84. The third-order valence-corrected chi connectivity index (χ3v) is 6.66. The summed E-state index contributed by atoms with van der Waals surface area (Å²) in [6.45, 7) is 0.794. The first-order valence-electron chi connectivity index (χ1n) is 10.8. The molecule has 1 aliphatic heterocycles. The fraction of sp³-hybridized carbons (Fsp3) is 0.565. The molecule has 3 fully saturated rings. The molecule has 30 heavy (non-hydrogen) atoms. The Balaban J connectivity index is 1.28. The Hall–Kier alpha value is -2.70. The van der Waals surface area contributed by atoms with Crippen LogP contribution >= 0.6 is 0 Å². The van der Waals surface area contributed by atoms with Gasteiger partial charge in [0, 0.05) is 5.56 Å². The van der Waals surface area contributed by atoms with Gasteiger partial charge in [0.15, 0.2) is 12.4 Å². The second kappa shape index (κ2) is 8.20. The Morgan fingerprint density at radius 2 is 1.73 bits per heavy atom. The summed E-state index contributed by atoms with van der Waals surface area (Å²) in [6.07, 6.45) is 7.94. The molecule has 1 saturated heterocycles. The van der Waals surface area contributed by atoms with Crippen molar-refractivity contribution in [2.45, 2.75) is 63.3 Å². The van der Waals surface area contributed by atoms with E-state index in [1.807, 2.05) is 12.1 Å². The van der Waals surface area contributed by atoms with Crippen LogP contribution in [0.1, 0.15) is 73.7 Å². The highest BCUT2D eigenvalue weighted by atomic mass is 16.5. The molecule has 7 heteroatoms. The number of amides is 3. The van der Waals surface area contributed by atoms with Crippen molar-refractivity contribution >= 4 is 23.7 Å². The van der Waals surface area contributed by atoms with Crippen LogP contribution in [0.3, 0.4) is 0 Å². The van der Waals surface area contributed by atoms with Crippen molar-refractivity contribution in [3.8, 4) is 0 Å². The monoisotopic (exact) mass is 412 g/mol. The minimum Gasteiger partial charge on any atom is -0.456 e. The number of nitrogens with zero attached hydrogens (tertiary/aromatic N) is 1. The summed E-state index contributed by atoms with van der Waals surface area (Å²) >= 11 is 0. The predicted molar refractivity (Wildman–Crippen MR) is 109 cm³/mol. The highest BCUT2D eigenvalue weighted by Gasteiger charge is 2.56. The first-order chi connectivity index (χ1) is 14.4. The van der Waals surface area contributed by atoms with Gasteiger partial charge < -0.3 is 10.1 Å². The first kappa shape index (κ1) is 20.6. The number of esters is 1. The molecule has 4 rings (SSSR count). The minimum absolute atomic E-state index is 0.119. The lowest BCUT2D eigenvalue weighted by atomic mass is 9.84. The molecule has 1 atom stereocenters. The van der Waals surface area contributed by atoms with Gasteiger partial charge in [-0.2, -0.15) is 0 Å². The van der Waals surface area contributed by atoms with Crippen molar-refractivity contribution in [2.24, 2.45) is 5.92 Å². The van der Waals surface area contributed by atoms with Crippen LogP contribution in [-0.2, 0) is 14.3 Å². The molecular weight excluding hydrogens is 384 g/mol. The van der Waals surface area contributed by atoms with Gasteiger partial charge in [-0.15, -0.1) is 0 Å². The molecule has 1 aromatic rings. The summed E-state index contributed by atoms with van der Waals surface area (Å²) in [5.74, 6) is -0.805. The Bertz CT molecular complexity index is 855. The molecule has 0 unspecified atom stereocenters. The number of Topliss-reactive ketones (excluding diaryl/α,β-unsaturated/α-hetero) is 1. The van der Waals surface area contributed by atoms with Crippen LogP contribution in [0.4, 0.5) is 4.79 Å². The van der Waals surface area contributed by atoms with Gasteiger partial charge in [0.2, 0.25) is 0 Å². The lowest BCUT2D eigenvalue weighted by molar-refractivity contribution is -0.146. The summed E-state index contributed by atoms with van der Waals surface area (Å²) < 4.78 is 5.05. The van der Waals surface area contributed by atoms with E-state index in [0.717, 1.165) is 17.7 Å². The van der Waals surface area contributed by atoms with Crippen LogP contribution in [-0.4, -0.2) is 47.3 Å². The zero-order valence-electron chi connectivity index (χ0n) is 17.3. The standard InChI is InChI=1S/C23H28N2O5/c1-23(18-11-12-18)21(28)25(22(29)24-23)13-20(27)30-14-19(26)17-9-7-16(8-10-17)15-5-3-2-4-6-15/h7-10,15,18H,2-6,11-14H2,1H3,(H,24,29)/t23-/m0/s1. The second-order valence-electron chi connectivity index (χ2n) is 8.84. The molecule has 3 aliphatic rings. The molecular formula is C23H28N2O5. The van der Waals surface area contributed by atoms with E-state index >= 15 is 0 Å². The number of nitrogens with one attached hydrogen (secondary N) is 1. The van der Waals surface area contributed by atoms with Crippen molar-refractivity contribution < 1.29 is 23.9 Å². The molecule has 1 heterocycles. The molecule has 7 nitrogen and oxygen atoms in total. The molecule has 0 bridgehead atoms. The Kier molecular flexibility index (Phi) is 5.62. The van der Waals surface area contributed by atoms with E-state index < -0.39 is 36.6 Å². The molecule has 1 N–H and O–H groups in total. The van der Waals surface area contributed by atoms with E-state index in [-0.39, 0.29) is 11.7 Å². The highest BCUT2D eigenvalue weighted by Crippen LogP contribution is 2.42. The van der Waals surface area contributed by atoms with Gasteiger partial charge in [0.05, 0.1) is 0 Å². The van der Waals surface area contributed by atoms with Gasteiger partial charge in [-0.25, -0.2) is 4.79 Å². The predicted octanol–water partition coefficient (Wildman–Crippen LogP) is 3.18. The smallest absolute Gasteiger partial charge is 0.326 e. The number of ketones is 1. The number of imide groups is 1. The number of carbonyl (C=O) groups excluding carboxylic acids is 4. The van der Waals surface area contributed by atoms with Crippen LogP contribution in [0.15, 0.2) is 24.3 Å². The normalized spacial score (nSPS) is 24.6. The zero-order valence-corrected chi connectivity index (χ0v) is 17.3. The third kappa shape index (κ3) is 4.11. The molecule has 160 valence electrons. The fourth-order valence-electron chi connectivity index (χ4n) is 4.58. The lowest BCUT2D eigenvalue weighted by Crippen LogP contribution is -2.46. The summed E-state index contributed by atoms with van der Waals surface area (Å²) in [5, 5.41) is 2.68. The lowest BCUT2D eigenvalue weighted by Gasteiger charge is -2.22. The number of ether oxygens (including phenoxy) is 1. The van der Waals surface area contributed by atoms with E-state index in [2.05, 4.69) is 5.32 Å². The summed E-state index contributed by atoms with van der Waals surface area (Å²) in [5.41, 5.74) is 0.798. The molecule has 0 aromatic heterocycles. The zero-order chi connectivity index (χ0) is 21.3. The summed E-state index contributed by atoms with van der Waals surface area (Å²) in [4.78, 5) is 50.0. The summed E-state index contributed by atoms with van der Waals surface area (Å²) in [6, 6.07) is 6.93. The third-order valence-electron chi connectivity index (χ3n) is 6.66. The quantitative estimate of drug-likeness (QED) is 0.422. The van der Waals surface area contributed by atoms with E-state index in [0.29, 0.717) is 11.5 Å². The number of benzene rings is 1. The topological polar surface area (TPSA) is 92.8 Å². The Labute approximate surface area is 176 Å². The highest BCUT2D eigenvalue weighted by molar-refractivity contribution is 6.09. The van der Waals surface area contributed by atoms with Crippen molar-refractivity contribution in [3.63, 3.8) is 0 Å². The molecule has 2 aliphatic carbocycles. The van der Waals surface area contributed by atoms with Crippen molar-refractivity contribution in [1.29, 1.82) is 0 Å². The van der Waals surface area contributed by atoms with E-state index in [9.17, 15) is 19.2 Å². The van der Waals surface area contributed by atoms with Crippen molar-refractivity contribution in [3.05, 3.63) is 35.4 Å². The van der Waals surface area contributed by atoms with Crippen LogP contribution < -0.4 is 5.32 Å². The van der Waals surface area contributed by atoms with Crippen LogP contribution in [0, 0.1) is 5.92 Å². The number of hydrogen-bond acceptors (Lipinski definition) is 5. The number of carbonyl (C=O) groups is 4. The maximum absolute atomic E-state index is 12.5. The maximum atomic E-state index is 12.5. The van der Waals surface area contributed by atoms with Crippen molar-refractivity contribution in [1.82, 2.24) is 10.2 Å². The van der Waals surface area contributed by atoms with Gasteiger partial charge in [0.1, 0.15) is 12.1 Å². The van der Waals surface area contributed by atoms with E-state index in [1.165, 1.54) is 37.7 Å². The SMILES string of the molecule is C[C@@]1(C2CC2)NC(=O)N(CC(=O)OCC(=O)c2ccc(C3CCCCC3)cc2)C1=O. The fourth-order valence-corrected chi connectivity index (χ4v) is 4.58. The molecule has 2 saturated carbocycles. The van der Waals surface area contributed by atoms with Gasteiger partial charge >= 0.3 is 12.0 Å². The molecule has 1 aromatic carbocycles. The largest absolute Gasteiger partial charge is 0.456 e. The average Bonchev–Trinajstić information content (AvgIpc) is 3.59. The van der Waals surface area contributed by atoms with Gasteiger partial charge in [-0.3, -0.25) is 19.3 Å². The Morgan fingerprint density at radius 3 is 2.37 bits per heavy atom. The first-order valence-corrected chi connectivity index (χ1v) is 10.8. The average molecular weight is 412 g/mol. The number of rotatable bonds is 7. The van der Waals surface area contributed by atoms with Gasteiger partial charge in [-0.05, 0) is 50.0 Å². The minimum atomic E-state index is -0.937. The van der Waals surface area contributed by atoms with E-state index in [4.69, 9.17) is 4.74 Å². The van der Waals surface area contributed by atoms with Crippen LogP contribution in [0.25, 0.3) is 0 Å². The van der Waals surface area contributed by atoms with Crippen LogP contribution in [0.2, 0.25) is 0 Å². The molecule has 0 spiro atoms. The number of urea groups is 1. The number of hydrogen-bond donors (Lipinski definition) is 1. The molecule has 0 radical (unpaired) electrons. The van der Waals surface area contributed by atoms with Gasteiger partial charge in [-0.1, -0.05) is 43.5 Å². The summed E-state index contributed by atoms with van der Waals surface area (Å²) in [7, 11) is 0. The van der Waals surface area contributed by atoms with Gasteiger partial charge in [0.25, 0.3) is 5.91 Å². The van der Waals surface area contributed by atoms with Crippen LogP contribution in [0.5, 0.6) is 0 Å². The molecule has 3 amide bonds. The van der Waals surface area contributed by atoms with Crippen molar-refractivity contribution in [2.75, 3.05) is 13.2 Å². The Morgan fingerprint density at radius 1 is 1.07 bits per heavy atom.